The van der Waals surface area contributed by atoms with Gasteiger partial charge in [-0.1, -0.05) is 0 Å². The Bertz CT molecular complexity index is 884. The molecule has 0 fully saturated rings. The zero-order valence-electron chi connectivity index (χ0n) is 13.3. The van der Waals surface area contributed by atoms with Crippen LogP contribution in [0.5, 0.6) is 0 Å². The molecule has 0 atom stereocenters. The first-order valence-corrected chi connectivity index (χ1v) is 8.31. The van der Waals surface area contributed by atoms with Crippen LogP contribution in [-0.2, 0) is 10.0 Å². The normalized spacial score (nSPS) is 11.1. The van der Waals surface area contributed by atoms with E-state index in [1.807, 2.05) is 0 Å². The predicted octanol–water partition coefficient (Wildman–Crippen LogP) is 0.320. The van der Waals surface area contributed by atoms with Crippen LogP contribution in [0.2, 0.25) is 0 Å². The maximum Gasteiger partial charge on any atom is 0.271 e. The highest BCUT2D eigenvalue weighted by Gasteiger charge is 2.22. The smallest absolute Gasteiger partial charge is 0.271 e. The number of aromatic amines is 1. The molecule has 0 radical (unpaired) electrons. The van der Waals surface area contributed by atoms with Crippen molar-refractivity contribution in [2.45, 2.75) is 11.8 Å². The lowest BCUT2D eigenvalue weighted by molar-refractivity contribution is 0.0827. The average Bonchev–Trinajstić information content (AvgIpc) is 2.87. The number of carbonyl (C=O) groups excluding carboxylic acids is 2. The van der Waals surface area contributed by atoms with Crippen molar-refractivity contribution in [3.05, 3.63) is 41.2 Å². The maximum atomic E-state index is 12.4. The Kier molecular flexibility index (Phi) is 4.60. The Balaban J connectivity index is 2.33. The molecule has 0 saturated carbocycles. The molecular formula is C14H17N5O4S. The van der Waals surface area contributed by atoms with E-state index in [2.05, 4.69) is 14.9 Å². The van der Waals surface area contributed by atoms with Gasteiger partial charge in [0.15, 0.2) is 5.69 Å². The van der Waals surface area contributed by atoms with E-state index < -0.39 is 15.9 Å². The summed E-state index contributed by atoms with van der Waals surface area (Å²) in [4.78, 5) is 24.5. The summed E-state index contributed by atoms with van der Waals surface area (Å²) in [5.41, 5.74) is 5.68. The molecule has 24 heavy (non-hydrogen) atoms. The third-order valence-corrected chi connectivity index (χ3v) is 4.60. The van der Waals surface area contributed by atoms with Crippen LogP contribution in [0.25, 0.3) is 0 Å². The van der Waals surface area contributed by atoms with Gasteiger partial charge in [-0.05, 0) is 31.2 Å². The number of hydrogen-bond acceptors (Lipinski definition) is 5. The highest BCUT2D eigenvalue weighted by atomic mass is 32.2. The van der Waals surface area contributed by atoms with Crippen molar-refractivity contribution in [3.63, 3.8) is 0 Å². The summed E-state index contributed by atoms with van der Waals surface area (Å²) in [5, 5.41) is 6.17. The second-order valence-corrected chi connectivity index (χ2v) is 6.95. The van der Waals surface area contributed by atoms with Gasteiger partial charge < -0.3 is 10.6 Å². The molecule has 2 rings (SSSR count). The fourth-order valence-electron chi connectivity index (χ4n) is 1.96. The molecule has 9 nitrogen and oxygen atoms in total. The molecule has 2 amide bonds. The average molecular weight is 351 g/mol. The zero-order valence-corrected chi connectivity index (χ0v) is 14.1. The van der Waals surface area contributed by atoms with Crippen molar-refractivity contribution in [1.82, 2.24) is 15.1 Å². The molecule has 0 aliphatic heterocycles. The highest BCUT2D eigenvalue weighted by Crippen LogP contribution is 2.22. The van der Waals surface area contributed by atoms with E-state index in [1.54, 1.807) is 21.0 Å². The quantitative estimate of drug-likeness (QED) is 0.712. The molecule has 10 heteroatoms. The zero-order chi connectivity index (χ0) is 18.1. The molecule has 2 aromatic rings. The van der Waals surface area contributed by atoms with Gasteiger partial charge in [0, 0.05) is 19.7 Å². The second-order valence-electron chi connectivity index (χ2n) is 5.27. The second kappa shape index (κ2) is 6.32. The van der Waals surface area contributed by atoms with Crippen molar-refractivity contribution in [3.8, 4) is 0 Å². The molecule has 0 saturated heterocycles. The van der Waals surface area contributed by atoms with Crippen LogP contribution in [0, 0.1) is 6.92 Å². The summed E-state index contributed by atoms with van der Waals surface area (Å²) < 4.78 is 27.2. The van der Waals surface area contributed by atoms with Crippen molar-refractivity contribution in [1.29, 1.82) is 0 Å². The van der Waals surface area contributed by atoms with Gasteiger partial charge in [-0.2, -0.15) is 5.10 Å². The molecule has 1 aromatic heterocycles. The van der Waals surface area contributed by atoms with Gasteiger partial charge in [-0.3, -0.25) is 19.4 Å². The predicted molar refractivity (Wildman–Crippen MR) is 87.1 cm³/mol. The van der Waals surface area contributed by atoms with Crippen LogP contribution < -0.4 is 10.5 Å². The van der Waals surface area contributed by atoms with Gasteiger partial charge >= 0.3 is 0 Å². The Morgan fingerprint density at radius 1 is 1.21 bits per heavy atom. The van der Waals surface area contributed by atoms with Gasteiger partial charge in [0.25, 0.3) is 21.8 Å². The van der Waals surface area contributed by atoms with Gasteiger partial charge in [0.05, 0.1) is 10.6 Å². The summed E-state index contributed by atoms with van der Waals surface area (Å²) >= 11 is 0. The van der Waals surface area contributed by atoms with Crippen LogP contribution in [0.3, 0.4) is 0 Å². The van der Waals surface area contributed by atoms with Crippen LogP contribution >= 0.6 is 0 Å². The summed E-state index contributed by atoms with van der Waals surface area (Å²) in [5.74, 6) is -1.10. The summed E-state index contributed by atoms with van der Waals surface area (Å²) in [6.45, 7) is 1.55. The number of sulfonamides is 1. The highest BCUT2D eigenvalue weighted by molar-refractivity contribution is 7.92. The van der Waals surface area contributed by atoms with Gasteiger partial charge in [-0.15, -0.1) is 0 Å². The number of primary amides is 1. The van der Waals surface area contributed by atoms with E-state index in [1.165, 1.54) is 29.2 Å². The molecule has 1 heterocycles. The van der Waals surface area contributed by atoms with Gasteiger partial charge in [-0.25, -0.2) is 8.42 Å². The lowest BCUT2D eigenvalue weighted by atomic mass is 10.2. The molecule has 0 bridgehead atoms. The number of anilines is 1. The van der Waals surface area contributed by atoms with E-state index in [-0.39, 0.29) is 22.2 Å². The van der Waals surface area contributed by atoms with Gasteiger partial charge in [0.2, 0.25) is 0 Å². The minimum atomic E-state index is -3.97. The van der Waals surface area contributed by atoms with E-state index in [0.717, 1.165) is 0 Å². The number of nitrogens with one attached hydrogen (secondary N) is 2. The summed E-state index contributed by atoms with van der Waals surface area (Å²) in [6.07, 6.45) is 0. The molecular weight excluding hydrogens is 334 g/mol. The minimum absolute atomic E-state index is 0.00376. The van der Waals surface area contributed by atoms with Crippen LogP contribution in [-0.4, -0.2) is 49.4 Å². The monoisotopic (exact) mass is 351 g/mol. The first kappa shape index (κ1) is 17.5. The first-order chi connectivity index (χ1) is 11.1. The fourth-order valence-corrected chi connectivity index (χ4v) is 3.09. The summed E-state index contributed by atoms with van der Waals surface area (Å²) in [7, 11) is -0.770. The standard InChI is InChI=1S/C14H17N5O4S/c1-8-11(12(13(15)20)17-16-8)18-24(22,23)10-6-4-9(5-7-10)14(21)19(2)3/h4-7,18H,1-3H3,(H2,15,20)(H,16,17). The number of nitrogens with two attached hydrogens (primary N) is 1. The number of benzene rings is 1. The number of carbonyl (C=O) groups is 2. The SMILES string of the molecule is Cc1[nH]nc(C(N)=O)c1NS(=O)(=O)c1ccc(C(=O)N(C)C)cc1. The number of hydrogen-bond donors (Lipinski definition) is 3. The van der Waals surface area contributed by atoms with Crippen LogP contribution in [0.1, 0.15) is 26.5 Å². The van der Waals surface area contributed by atoms with E-state index in [9.17, 15) is 18.0 Å². The number of aryl methyl sites for hydroxylation is 1. The first-order valence-electron chi connectivity index (χ1n) is 6.83. The van der Waals surface area contributed by atoms with Crippen LogP contribution in [0.15, 0.2) is 29.2 Å². The molecule has 1 aromatic carbocycles. The Hall–Kier alpha value is -2.88. The summed E-state index contributed by atoms with van der Waals surface area (Å²) in [6, 6.07) is 5.43. The lowest BCUT2D eigenvalue weighted by Crippen LogP contribution is -2.22. The van der Waals surface area contributed by atoms with E-state index in [4.69, 9.17) is 5.73 Å². The van der Waals surface area contributed by atoms with Crippen LogP contribution in [0.4, 0.5) is 5.69 Å². The number of amides is 2. The Morgan fingerprint density at radius 3 is 2.29 bits per heavy atom. The number of aromatic nitrogens is 2. The molecule has 0 aliphatic rings. The van der Waals surface area contributed by atoms with Crippen molar-refractivity contribution >= 4 is 27.5 Å². The molecule has 4 N–H and O–H groups in total. The van der Waals surface area contributed by atoms with E-state index >= 15 is 0 Å². The third kappa shape index (κ3) is 3.38. The fraction of sp³-hybridized carbons (Fsp3) is 0.214. The van der Waals surface area contributed by atoms with E-state index in [0.29, 0.717) is 11.3 Å². The maximum absolute atomic E-state index is 12.4. The number of H-pyrrole nitrogens is 1. The van der Waals surface area contributed by atoms with Crippen molar-refractivity contribution < 1.29 is 18.0 Å². The Morgan fingerprint density at radius 2 is 1.79 bits per heavy atom. The topological polar surface area (TPSA) is 138 Å². The molecule has 0 spiro atoms. The Labute approximate surface area is 138 Å². The number of nitrogens with zero attached hydrogens (tertiary/aromatic N) is 2. The largest absolute Gasteiger partial charge is 0.364 e. The van der Waals surface area contributed by atoms with Gasteiger partial charge in [0.1, 0.15) is 5.69 Å². The lowest BCUT2D eigenvalue weighted by Gasteiger charge is -2.11. The third-order valence-electron chi connectivity index (χ3n) is 3.23. The molecule has 0 aliphatic carbocycles. The van der Waals surface area contributed by atoms with Crippen molar-refractivity contribution in [2.75, 3.05) is 18.8 Å². The molecule has 0 unspecified atom stereocenters. The van der Waals surface area contributed by atoms with Crippen molar-refractivity contribution in [2.24, 2.45) is 5.73 Å². The number of rotatable bonds is 5. The minimum Gasteiger partial charge on any atom is -0.364 e. The molecule has 128 valence electrons.